The van der Waals surface area contributed by atoms with E-state index in [1.54, 1.807) is 0 Å². The maximum atomic E-state index is 13.0. The van der Waals surface area contributed by atoms with Crippen molar-refractivity contribution in [3.05, 3.63) is 17.0 Å². The molecule has 0 unspecified atom stereocenters. The van der Waals surface area contributed by atoms with E-state index in [1.165, 1.54) is 11.3 Å². The minimum absolute atomic E-state index is 0.109. The lowest BCUT2D eigenvalue weighted by Gasteiger charge is -2.33. The summed E-state index contributed by atoms with van der Waals surface area (Å²) in [5.74, 6) is 1.19. The van der Waals surface area contributed by atoms with Crippen LogP contribution >= 0.6 is 11.8 Å². The lowest BCUT2D eigenvalue weighted by Crippen LogP contribution is -2.50. The van der Waals surface area contributed by atoms with Gasteiger partial charge in [-0.1, -0.05) is 0 Å². The van der Waals surface area contributed by atoms with Crippen molar-refractivity contribution in [2.75, 3.05) is 31.6 Å². The van der Waals surface area contributed by atoms with E-state index in [-0.39, 0.29) is 6.03 Å². The number of piperidine rings is 1. The lowest BCUT2D eigenvalue weighted by molar-refractivity contribution is 0.170. The van der Waals surface area contributed by atoms with Crippen molar-refractivity contribution in [2.45, 2.75) is 58.2 Å². The highest BCUT2D eigenvalue weighted by Crippen LogP contribution is 2.30. The van der Waals surface area contributed by atoms with E-state index >= 15 is 0 Å². The molecule has 1 N–H and O–H groups in total. The number of amides is 2. The zero-order chi connectivity index (χ0) is 18.7. The molecule has 1 aromatic rings. The first-order valence-electron chi connectivity index (χ1n) is 9.77. The highest BCUT2D eigenvalue weighted by Gasteiger charge is 2.34. The summed E-state index contributed by atoms with van der Waals surface area (Å²) in [6.45, 7) is 8.15. The van der Waals surface area contributed by atoms with Crippen LogP contribution in [0.1, 0.15) is 42.6 Å². The zero-order valence-electron chi connectivity index (χ0n) is 16.6. The van der Waals surface area contributed by atoms with E-state index in [0.717, 1.165) is 56.7 Å². The predicted molar refractivity (Wildman–Crippen MR) is 108 cm³/mol. The molecule has 146 valence electrons. The minimum Gasteiger partial charge on any atom is -0.335 e. The number of nitrogens with one attached hydrogen (secondary N) is 1. The van der Waals surface area contributed by atoms with Crippen molar-refractivity contribution in [1.29, 1.82) is 0 Å². The van der Waals surface area contributed by atoms with Crippen LogP contribution in [0.15, 0.2) is 0 Å². The van der Waals surface area contributed by atoms with Gasteiger partial charge in [-0.05, 0) is 45.8 Å². The van der Waals surface area contributed by atoms with Crippen molar-refractivity contribution in [1.82, 2.24) is 24.9 Å². The van der Waals surface area contributed by atoms with Crippen LogP contribution in [0, 0.1) is 13.8 Å². The summed E-state index contributed by atoms with van der Waals surface area (Å²) < 4.78 is 1.91. The van der Waals surface area contributed by atoms with Crippen molar-refractivity contribution in [3.8, 4) is 0 Å². The number of rotatable bonds is 7. The van der Waals surface area contributed by atoms with Crippen LogP contribution in [-0.2, 0) is 13.6 Å². The number of hydrogen-bond acceptors (Lipinski definition) is 4. The number of aromatic nitrogens is 2. The quantitative estimate of drug-likeness (QED) is 0.791. The van der Waals surface area contributed by atoms with E-state index in [0.29, 0.717) is 18.6 Å². The van der Waals surface area contributed by atoms with Gasteiger partial charge in [-0.2, -0.15) is 16.9 Å². The summed E-state index contributed by atoms with van der Waals surface area (Å²) in [5, 5.41) is 7.81. The Labute approximate surface area is 161 Å². The number of urea groups is 1. The monoisotopic (exact) mass is 379 g/mol. The molecule has 26 heavy (non-hydrogen) atoms. The smallest absolute Gasteiger partial charge is 0.318 e. The molecule has 2 amide bonds. The first-order valence-corrected chi connectivity index (χ1v) is 11.2. The summed E-state index contributed by atoms with van der Waals surface area (Å²) in [7, 11) is 1.97. The van der Waals surface area contributed by atoms with Gasteiger partial charge in [-0.3, -0.25) is 4.68 Å². The Balaban J connectivity index is 1.55. The molecule has 1 aliphatic heterocycles. The van der Waals surface area contributed by atoms with Crippen molar-refractivity contribution >= 4 is 17.8 Å². The molecule has 0 bridgehead atoms. The van der Waals surface area contributed by atoms with Crippen LogP contribution in [-0.4, -0.2) is 69.3 Å². The van der Waals surface area contributed by atoms with Gasteiger partial charge >= 0.3 is 6.03 Å². The molecule has 3 rings (SSSR count). The number of likely N-dealkylation sites (tertiary alicyclic amines) is 1. The highest BCUT2D eigenvalue weighted by atomic mass is 32.2. The van der Waals surface area contributed by atoms with Gasteiger partial charge in [-0.15, -0.1) is 0 Å². The lowest BCUT2D eigenvalue weighted by atomic mass is 10.1. The van der Waals surface area contributed by atoms with Crippen LogP contribution < -0.4 is 5.32 Å². The number of aryl methyl sites for hydroxylation is 2. The third kappa shape index (κ3) is 4.74. The van der Waals surface area contributed by atoms with E-state index in [4.69, 9.17) is 0 Å². The molecule has 1 saturated carbocycles. The molecule has 1 saturated heterocycles. The van der Waals surface area contributed by atoms with Crippen LogP contribution in [0.2, 0.25) is 0 Å². The van der Waals surface area contributed by atoms with E-state index < -0.39 is 0 Å². The van der Waals surface area contributed by atoms with Crippen LogP contribution in [0.4, 0.5) is 4.79 Å². The molecule has 0 radical (unpaired) electrons. The van der Waals surface area contributed by atoms with Crippen molar-refractivity contribution in [3.63, 3.8) is 0 Å². The zero-order valence-corrected chi connectivity index (χ0v) is 17.4. The molecule has 2 aliphatic rings. The normalized spacial score (nSPS) is 18.9. The van der Waals surface area contributed by atoms with Gasteiger partial charge in [0, 0.05) is 55.8 Å². The molecule has 1 aliphatic carbocycles. The molecule has 7 heteroatoms. The number of nitrogens with zero attached hydrogens (tertiary/aromatic N) is 4. The predicted octanol–water partition coefficient (Wildman–Crippen LogP) is 2.54. The summed E-state index contributed by atoms with van der Waals surface area (Å²) in [6, 6.07) is 0.818. The fourth-order valence-electron chi connectivity index (χ4n) is 3.75. The van der Waals surface area contributed by atoms with E-state index in [1.807, 2.05) is 35.3 Å². The van der Waals surface area contributed by atoms with E-state index in [9.17, 15) is 4.79 Å². The minimum atomic E-state index is 0.109. The van der Waals surface area contributed by atoms with Gasteiger partial charge in [0.1, 0.15) is 0 Å². The maximum absolute atomic E-state index is 13.0. The standard InChI is InChI=1S/C19H33N5OS/c1-14-18(15(2)22(3)21-14)13-24(17-5-6-17)19(25)20-16-7-9-23(10-8-16)11-12-26-4/h16-17H,5-13H2,1-4H3,(H,20,25). The van der Waals surface area contributed by atoms with Crippen LogP contribution in [0.25, 0.3) is 0 Å². The third-order valence-corrected chi connectivity index (χ3v) is 6.35. The molecule has 0 aromatic carbocycles. The fourth-order valence-corrected chi connectivity index (χ4v) is 4.19. The van der Waals surface area contributed by atoms with Gasteiger partial charge in [-0.25, -0.2) is 4.79 Å². The SMILES string of the molecule is CSCCN1CCC(NC(=O)N(Cc2c(C)nn(C)c2C)C2CC2)CC1. The van der Waals surface area contributed by atoms with Gasteiger partial charge in [0.15, 0.2) is 0 Å². The van der Waals surface area contributed by atoms with E-state index in [2.05, 4.69) is 28.5 Å². The molecule has 0 spiro atoms. The number of thioether (sulfide) groups is 1. The Kier molecular flexibility index (Phi) is 6.51. The van der Waals surface area contributed by atoms with Gasteiger partial charge in [0.25, 0.3) is 0 Å². The van der Waals surface area contributed by atoms with Gasteiger partial charge < -0.3 is 15.1 Å². The first-order chi connectivity index (χ1) is 12.5. The first kappa shape index (κ1) is 19.5. The second-order valence-electron chi connectivity index (χ2n) is 7.69. The van der Waals surface area contributed by atoms with Crippen LogP contribution in [0.5, 0.6) is 0 Å². The average Bonchev–Trinajstić information content (AvgIpc) is 3.42. The molecule has 6 nitrogen and oxygen atoms in total. The van der Waals surface area contributed by atoms with Gasteiger partial charge in [0.05, 0.1) is 12.2 Å². The Morgan fingerprint density at radius 1 is 1.27 bits per heavy atom. The Morgan fingerprint density at radius 3 is 2.50 bits per heavy atom. The summed E-state index contributed by atoms with van der Waals surface area (Å²) in [6.07, 6.45) is 6.52. The second kappa shape index (κ2) is 8.65. The Morgan fingerprint density at radius 2 is 1.96 bits per heavy atom. The molecule has 2 fully saturated rings. The molecule has 2 heterocycles. The van der Waals surface area contributed by atoms with Crippen LogP contribution in [0.3, 0.4) is 0 Å². The molecule has 1 aromatic heterocycles. The third-order valence-electron chi connectivity index (χ3n) is 5.76. The molecular weight excluding hydrogens is 346 g/mol. The second-order valence-corrected chi connectivity index (χ2v) is 8.68. The average molecular weight is 380 g/mol. The summed E-state index contributed by atoms with van der Waals surface area (Å²) in [5.41, 5.74) is 3.38. The maximum Gasteiger partial charge on any atom is 0.318 e. The Hall–Kier alpha value is -1.21. The number of carbonyl (C=O) groups excluding carboxylic acids is 1. The number of carbonyl (C=O) groups is 1. The summed E-state index contributed by atoms with van der Waals surface area (Å²) >= 11 is 1.90. The number of hydrogen-bond donors (Lipinski definition) is 1. The highest BCUT2D eigenvalue weighted by molar-refractivity contribution is 7.98. The fraction of sp³-hybridized carbons (Fsp3) is 0.789. The largest absolute Gasteiger partial charge is 0.335 e. The topological polar surface area (TPSA) is 53.4 Å². The van der Waals surface area contributed by atoms with Gasteiger partial charge in [0.2, 0.25) is 0 Å². The summed E-state index contributed by atoms with van der Waals surface area (Å²) in [4.78, 5) is 17.5. The Bertz CT molecular complexity index is 620. The van der Waals surface area contributed by atoms with Crippen molar-refractivity contribution < 1.29 is 4.79 Å². The van der Waals surface area contributed by atoms with Crippen molar-refractivity contribution in [2.24, 2.45) is 7.05 Å². The molecular formula is C19H33N5OS. The molecule has 0 atom stereocenters.